The van der Waals surface area contributed by atoms with Crippen LogP contribution in [0.1, 0.15) is 61.2 Å². The van der Waals surface area contributed by atoms with Crippen molar-refractivity contribution in [2.75, 3.05) is 0 Å². The molecule has 0 saturated heterocycles. The molecular formula is C21H26O. The zero-order valence-corrected chi connectivity index (χ0v) is 13.9. The zero-order chi connectivity index (χ0) is 15.5. The van der Waals surface area contributed by atoms with E-state index in [-0.39, 0.29) is 0 Å². The molecule has 0 amide bonds. The first-order valence-electron chi connectivity index (χ1n) is 8.47. The third kappa shape index (κ3) is 3.04. The molecule has 1 saturated carbocycles. The summed E-state index contributed by atoms with van der Waals surface area (Å²) in [4.78, 5) is 0. The van der Waals surface area contributed by atoms with Gasteiger partial charge in [0, 0.05) is 0 Å². The lowest BCUT2D eigenvalue weighted by molar-refractivity contribution is 0.377. The SMILES string of the molecule is C/C=C(/c1ccc(C)o1)C1CCC(c2ccccc2C)CC1. The molecular weight excluding hydrogens is 268 g/mol. The smallest absolute Gasteiger partial charge is 0.130 e. The highest BCUT2D eigenvalue weighted by Crippen LogP contribution is 2.42. The van der Waals surface area contributed by atoms with E-state index in [2.05, 4.69) is 56.3 Å². The maximum atomic E-state index is 5.85. The second-order valence-corrected chi connectivity index (χ2v) is 6.56. The molecule has 0 bridgehead atoms. The van der Waals surface area contributed by atoms with Crippen LogP contribution in [0.25, 0.3) is 5.57 Å². The van der Waals surface area contributed by atoms with Crippen LogP contribution in [0, 0.1) is 19.8 Å². The summed E-state index contributed by atoms with van der Waals surface area (Å²) in [6, 6.07) is 13.1. The van der Waals surface area contributed by atoms with E-state index in [4.69, 9.17) is 4.42 Å². The minimum atomic E-state index is 0.649. The van der Waals surface area contributed by atoms with Crippen molar-refractivity contribution in [2.45, 2.75) is 52.4 Å². The average Bonchev–Trinajstić information content (AvgIpc) is 2.96. The lowest BCUT2D eigenvalue weighted by Crippen LogP contribution is -2.15. The minimum absolute atomic E-state index is 0.649. The highest BCUT2D eigenvalue weighted by atomic mass is 16.3. The van der Waals surface area contributed by atoms with Gasteiger partial charge in [0.25, 0.3) is 0 Å². The van der Waals surface area contributed by atoms with Crippen molar-refractivity contribution in [1.29, 1.82) is 0 Å². The van der Waals surface area contributed by atoms with Gasteiger partial charge in [-0.3, -0.25) is 0 Å². The number of aryl methyl sites for hydroxylation is 2. The summed E-state index contributed by atoms with van der Waals surface area (Å²) in [6.45, 7) is 6.40. The van der Waals surface area contributed by atoms with Gasteiger partial charge in [-0.05, 0) is 87.1 Å². The molecule has 0 spiro atoms. The Kier molecular flexibility index (Phi) is 4.52. The number of benzene rings is 1. The molecule has 0 aliphatic heterocycles. The number of rotatable bonds is 3. The van der Waals surface area contributed by atoms with Gasteiger partial charge in [-0.25, -0.2) is 0 Å². The predicted octanol–water partition coefficient (Wildman–Crippen LogP) is 6.27. The number of furan rings is 1. The maximum absolute atomic E-state index is 5.85. The van der Waals surface area contributed by atoms with E-state index in [9.17, 15) is 0 Å². The van der Waals surface area contributed by atoms with Gasteiger partial charge >= 0.3 is 0 Å². The second-order valence-electron chi connectivity index (χ2n) is 6.56. The van der Waals surface area contributed by atoms with Gasteiger partial charge in [0.1, 0.15) is 11.5 Å². The first-order chi connectivity index (χ1) is 10.7. The Balaban J connectivity index is 1.70. The summed E-state index contributed by atoms with van der Waals surface area (Å²) in [6.07, 6.45) is 7.34. The third-order valence-electron chi connectivity index (χ3n) is 5.13. The number of allylic oxidation sites excluding steroid dienone is 2. The van der Waals surface area contributed by atoms with E-state index < -0.39 is 0 Å². The second kappa shape index (κ2) is 6.56. The van der Waals surface area contributed by atoms with Gasteiger partial charge in [0.15, 0.2) is 0 Å². The number of hydrogen-bond acceptors (Lipinski definition) is 1. The first-order valence-corrected chi connectivity index (χ1v) is 8.47. The first kappa shape index (κ1) is 15.1. The molecule has 0 atom stereocenters. The minimum Gasteiger partial charge on any atom is -0.462 e. The molecule has 0 unspecified atom stereocenters. The topological polar surface area (TPSA) is 13.1 Å². The Morgan fingerprint density at radius 2 is 1.73 bits per heavy atom. The quantitative estimate of drug-likeness (QED) is 0.650. The highest BCUT2D eigenvalue weighted by molar-refractivity contribution is 5.63. The van der Waals surface area contributed by atoms with Gasteiger partial charge < -0.3 is 4.42 Å². The van der Waals surface area contributed by atoms with Gasteiger partial charge in [0.05, 0.1) is 0 Å². The standard InChI is InChI=1S/C21H26O/c1-4-19(21-14-9-16(3)22-21)17-10-12-18(13-11-17)20-8-6-5-7-15(20)2/h4-9,14,17-18H,10-13H2,1-3H3/b19-4+. The van der Waals surface area contributed by atoms with Crippen LogP contribution in [-0.2, 0) is 0 Å². The fourth-order valence-corrected chi connectivity index (χ4v) is 3.93. The molecule has 1 nitrogen and oxygen atoms in total. The van der Waals surface area contributed by atoms with Crippen molar-refractivity contribution in [3.8, 4) is 0 Å². The molecule has 1 aliphatic rings. The van der Waals surface area contributed by atoms with Crippen molar-refractivity contribution in [2.24, 2.45) is 5.92 Å². The Morgan fingerprint density at radius 1 is 1.00 bits per heavy atom. The summed E-state index contributed by atoms with van der Waals surface area (Å²) >= 11 is 0. The molecule has 1 heteroatoms. The van der Waals surface area contributed by atoms with Crippen LogP contribution in [0.5, 0.6) is 0 Å². The molecule has 1 fully saturated rings. The van der Waals surface area contributed by atoms with E-state index >= 15 is 0 Å². The van der Waals surface area contributed by atoms with E-state index in [1.165, 1.54) is 36.8 Å². The van der Waals surface area contributed by atoms with Gasteiger partial charge in [-0.1, -0.05) is 30.3 Å². The highest BCUT2D eigenvalue weighted by Gasteiger charge is 2.26. The Bertz CT molecular complexity index is 654. The number of hydrogen-bond donors (Lipinski definition) is 0. The van der Waals surface area contributed by atoms with Crippen LogP contribution in [0.15, 0.2) is 46.9 Å². The van der Waals surface area contributed by atoms with Crippen molar-refractivity contribution in [1.82, 2.24) is 0 Å². The molecule has 2 aromatic rings. The molecule has 1 aliphatic carbocycles. The molecule has 3 rings (SSSR count). The van der Waals surface area contributed by atoms with E-state index in [1.807, 2.05) is 6.92 Å². The summed E-state index contributed by atoms with van der Waals surface area (Å²) in [5.41, 5.74) is 4.40. The van der Waals surface area contributed by atoms with Crippen molar-refractivity contribution in [3.05, 3.63) is 65.1 Å². The van der Waals surface area contributed by atoms with E-state index in [1.54, 1.807) is 5.56 Å². The lowest BCUT2D eigenvalue weighted by atomic mass is 9.74. The van der Waals surface area contributed by atoms with Crippen LogP contribution < -0.4 is 0 Å². The molecule has 22 heavy (non-hydrogen) atoms. The van der Waals surface area contributed by atoms with Crippen LogP contribution in [-0.4, -0.2) is 0 Å². The molecule has 1 aromatic carbocycles. The largest absolute Gasteiger partial charge is 0.462 e. The monoisotopic (exact) mass is 294 g/mol. The summed E-state index contributed by atoms with van der Waals surface area (Å²) < 4.78 is 5.85. The Morgan fingerprint density at radius 3 is 2.32 bits per heavy atom. The Labute approximate surface area is 134 Å². The maximum Gasteiger partial charge on any atom is 0.130 e. The van der Waals surface area contributed by atoms with Crippen molar-refractivity contribution in [3.63, 3.8) is 0 Å². The normalized spacial score (nSPS) is 22.8. The van der Waals surface area contributed by atoms with Crippen LogP contribution >= 0.6 is 0 Å². The van der Waals surface area contributed by atoms with Crippen molar-refractivity contribution < 1.29 is 4.42 Å². The third-order valence-corrected chi connectivity index (χ3v) is 5.13. The summed E-state index contributed by atoms with van der Waals surface area (Å²) in [5.74, 6) is 3.45. The van der Waals surface area contributed by atoms with Crippen molar-refractivity contribution >= 4 is 5.57 Å². The zero-order valence-electron chi connectivity index (χ0n) is 13.9. The molecule has 0 N–H and O–H groups in total. The molecule has 116 valence electrons. The average molecular weight is 294 g/mol. The van der Waals surface area contributed by atoms with Crippen LogP contribution in [0.4, 0.5) is 0 Å². The Hall–Kier alpha value is -1.76. The molecule has 1 heterocycles. The van der Waals surface area contributed by atoms with Gasteiger partial charge in [-0.2, -0.15) is 0 Å². The van der Waals surface area contributed by atoms with E-state index in [0.717, 1.165) is 17.4 Å². The van der Waals surface area contributed by atoms with Gasteiger partial charge in [0.2, 0.25) is 0 Å². The molecule has 1 aromatic heterocycles. The van der Waals surface area contributed by atoms with E-state index in [0.29, 0.717) is 5.92 Å². The predicted molar refractivity (Wildman–Crippen MR) is 93.0 cm³/mol. The summed E-state index contributed by atoms with van der Waals surface area (Å²) in [7, 11) is 0. The molecule has 0 radical (unpaired) electrons. The summed E-state index contributed by atoms with van der Waals surface area (Å²) in [5, 5.41) is 0. The fourth-order valence-electron chi connectivity index (χ4n) is 3.93. The fraction of sp³-hybridized carbons (Fsp3) is 0.429. The lowest BCUT2D eigenvalue weighted by Gasteiger charge is -2.30. The van der Waals surface area contributed by atoms with Crippen LogP contribution in [0.2, 0.25) is 0 Å². The van der Waals surface area contributed by atoms with Crippen LogP contribution in [0.3, 0.4) is 0 Å². The van der Waals surface area contributed by atoms with Gasteiger partial charge in [-0.15, -0.1) is 0 Å².